The van der Waals surface area contributed by atoms with Crippen molar-refractivity contribution in [1.29, 1.82) is 0 Å². The quantitative estimate of drug-likeness (QED) is 0.0466. The Hall–Kier alpha value is -2.19. The van der Waals surface area contributed by atoms with Gasteiger partial charge in [0.15, 0.2) is 5.75 Å². The second-order valence-corrected chi connectivity index (χ2v) is 11.7. The third-order valence-electron chi connectivity index (χ3n) is 6.21. The number of benzene rings is 4. The van der Waals surface area contributed by atoms with E-state index in [4.69, 9.17) is 5.26 Å². The Bertz CT molecular complexity index is 1960. The molecule has 1 heterocycles. The summed E-state index contributed by atoms with van der Waals surface area (Å²) in [6, 6.07) is 18.6. The molecule has 0 aliphatic carbocycles. The number of fused-ring (bicyclic) bond motifs is 1. The monoisotopic (exact) mass is 845 g/mol. The Morgan fingerprint density at radius 3 is 2.30 bits per heavy atom. The molecule has 0 fully saturated rings. The van der Waals surface area contributed by atoms with Crippen molar-refractivity contribution in [1.82, 2.24) is 15.0 Å². The average Bonchev–Trinajstić information content (AvgIpc) is 3.03. The molecule has 4 aromatic carbocycles. The first-order valence-electron chi connectivity index (χ1n) is 12.6. The molecular weight excluding hydrogens is 824 g/mol. The first kappa shape index (κ1) is 39.2. The van der Waals surface area contributed by atoms with Crippen LogP contribution in [0.2, 0.25) is 0 Å². The van der Waals surface area contributed by atoms with Crippen molar-refractivity contribution in [2.24, 2.45) is 10.2 Å². The van der Waals surface area contributed by atoms with Crippen LogP contribution in [0.3, 0.4) is 0 Å². The summed E-state index contributed by atoms with van der Waals surface area (Å²) >= 11 is -4.25. The van der Waals surface area contributed by atoms with Crippen molar-refractivity contribution in [3.8, 4) is 5.75 Å². The van der Waals surface area contributed by atoms with Crippen LogP contribution in [0.15, 0.2) is 97.7 Å². The van der Waals surface area contributed by atoms with Crippen LogP contribution < -0.4 is 10.2 Å². The van der Waals surface area contributed by atoms with E-state index in [2.05, 4.69) is 39.9 Å². The van der Waals surface area contributed by atoms with Crippen LogP contribution in [0.25, 0.3) is 10.8 Å². The number of hydrogen-bond donors (Lipinski definition) is 3. The fourth-order valence-electron chi connectivity index (χ4n) is 4.15. The molecule has 5 aromatic rings. The van der Waals surface area contributed by atoms with Gasteiger partial charge in [-0.2, -0.15) is 20.1 Å². The van der Waals surface area contributed by atoms with E-state index in [-0.39, 0.29) is 103 Å². The van der Waals surface area contributed by atoms with Crippen molar-refractivity contribution in [2.75, 3.05) is 17.3 Å². The smallest absolute Gasteiger partial charge is 0.234 e. The van der Waals surface area contributed by atoms with E-state index in [1.807, 2.05) is 0 Å². The molecule has 2 atom stereocenters. The zero-order chi connectivity index (χ0) is 32.1. The Morgan fingerprint density at radius 1 is 0.915 bits per heavy atom. The van der Waals surface area contributed by atoms with Crippen molar-refractivity contribution in [2.45, 2.75) is 21.6 Å². The zero-order valence-corrected chi connectivity index (χ0v) is 32.5. The zero-order valence-electron chi connectivity index (χ0n) is 24.3. The van der Waals surface area contributed by atoms with Gasteiger partial charge in [-0.25, -0.2) is 5.26 Å². The SMILES string of the molecule is Cc1nc(Nc2cccc3cc(SOOO)c(N=Nc4ccc(S(=O)[O-])cc4)c(O)c23)nc(N(C)c2cccc(S(=O)[O-])c2)n1.[Y].[Y]. The van der Waals surface area contributed by atoms with Crippen LogP contribution in [0, 0.1) is 6.92 Å². The molecular formula is C27H21N7O8S3Y2-2. The number of aryl methyl sites for hydroxylation is 1. The van der Waals surface area contributed by atoms with E-state index >= 15 is 0 Å². The summed E-state index contributed by atoms with van der Waals surface area (Å²) in [4.78, 5) is 15.2. The third kappa shape index (κ3) is 9.71. The number of nitrogens with zero attached hydrogens (tertiary/aromatic N) is 6. The first-order chi connectivity index (χ1) is 21.6. The fraction of sp³-hybridized carbons (Fsp3) is 0.0741. The van der Waals surface area contributed by atoms with E-state index in [0.717, 1.165) is 0 Å². The summed E-state index contributed by atoms with van der Waals surface area (Å²) in [5.41, 5.74) is 1.18. The van der Waals surface area contributed by atoms with Gasteiger partial charge in [0.2, 0.25) is 11.9 Å². The van der Waals surface area contributed by atoms with Gasteiger partial charge in [-0.1, -0.05) is 23.2 Å². The number of aromatic hydroxyl groups is 1. The van der Waals surface area contributed by atoms with Crippen LogP contribution in [0.1, 0.15) is 5.82 Å². The minimum Gasteiger partial charge on any atom is -0.768 e. The largest absolute Gasteiger partial charge is 0.768 e. The number of phenols is 1. The van der Waals surface area contributed by atoms with Crippen molar-refractivity contribution < 1.29 is 103 Å². The van der Waals surface area contributed by atoms with Crippen LogP contribution in [0.4, 0.5) is 34.6 Å². The minimum atomic E-state index is -2.42. The Balaban J connectivity index is 0.00000300. The number of aromatic nitrogens is 3. The average molecular weight is 846 g/mol. The number of azo groups is 1. The third-order valence-corrected chi connectivity index (χ3v) is 8.12. The molecule has 238 valence electrons. The number of phenolic OH excluding ortho intramolecular Hbond substituents is 1. The van der Waals surface area contributed by atoms with Crippen LogP contribution in [-0.4, -0.2) is 49.9 Å². The van der Waals surface area contributed by atoms with E-state index < -0.39 is 22.2 Å². The maximum absolute atomic E-state index is 11.5. The van der Waals surface area contributed by atoms with Crippen molar-refractivity contribution >= 4 is 79.6 Å². The van der Waals surface area contributed by atoms with Crippen molar-refractivity contribution in [3.63, 3.8) is 0 Å². The van der Waals surface area contributed by atoms with Crippen LogP contribution in [0.5, 0.6) is 5.75 Å². The van der Waals surface area contributed by atoms with Gasteiger partial charge in [0.1, 0.15) is 11.5 Å². The Morgan fingerprint density at radius 2 is 1.62 bits per heavy atom. The molecule has 2 radical (unpaired) electrons. The maximum Gasteiger partial charge on any atom is 0.234 e. The molecule has 0 aliphatic heterocycles. The maximum atomic E-state index is 11.5. The van der Waals surface area contributed by atoms with Gasteiger partial charge in [-0.15, -0.1) is 9.45 Å². The summed E-state index contributed by atoms with van der Waals surface area (Å²) in [6.07, 6.45) is 0. The summed E-state index contributed by atoms with van der Waals surface area (Å²) in [7, 11) is 1.68. The fourth-order valence-corrected chi connectivity index (χ4v) is 5.41. The predicted octanol–water partition coefficient (Wildman–Crippen LogP) is 5.87. The normalized spacial score (nSPS) is 12.3. The van der Waals surface area contributed by atoms with Gasteiger partial charge in [0.25, 0.3) is 0 Å². The molecule has 0 amide bonds. The summed E-state index contributed by atoms with van der Waals surface area (Å²) in [5, 5.41) is 36.1. The molecule has 0 saturated heterocycles. The second-order valence-electron chi connectivity index (χ2n) is 9.05. The van der Waals surface area contributed by atoms with Gasteiger partial charge < -0.3 is 24.4 Å². The number of nitrogens with one attached hydrogen (secondary N) is 1. The van der Waals surface area contributed by atoms with Crippen molar-refractivity contribution in [3.05, 3.63) is 78.6 Å². The molecule has 0 aliphatic rings. The molecule has 47 heavy (non-hydrogen) atoms. The molecule has 3 N–H and O–H groups in total. The van der Waals surface area contributed by atoms with E-state index in [9.17, 15) is 22.6 Å². The Kier molecular flexibility index (Phi) is 15.0. The number of rotatable bonds is 11. The predicted molar refractivity (Wildman–Crippen MR) is 164 cm³/mol. The first-order valence-corrected chi connectivity index (χ1v) is 15.5. The van der Waals surface area contributed by atoms with Gasteiger partial charge in [-0.05, 0) is 89.1 Å². The van der Waals surface area contributed by atoms with E-state index in [1.165, 1.54) is 36.4 Å². The summed E-state index contributed by atoms with van der Waals surface area (Å²) < 4.78 is 49.8. The molecule has 0 bridgehead atoms. The molecule has 2 unspecified atom stereocenters. The van der Waals surface area contributed by atoms with Gasteiger partial charge in [0, 0.05) is 93.3 Å². The van der Waals surface area contributed by atoms with E-state index in [1.54, 1.807) is 55.3 Å². The molecule has 20 heteroatoms. The number of anilines is 4. The van der Waals surface area contributed by atoms with Crippen LogP contribution >= 0.6 is 12.0 Å². The van der Waals surface area contributed by atoms with E-state index in [0.29, 0.717) is 45.7 Å². The Labute approximate surface area is 327 Å². The molecule has 1 aromatic heterocycles. The van der Waals surface area contributed by atoms with Crippen LogP contribution in [-0.2, 0) is 97.0 Å². The topological polar surface area (TPSA) is 218 Å². The second kappa shape index (κ2) is 18.0. The molecule has 0 saturated carbocycles. The number of hydrogen-bond acceptors (Lipinski definition) is 16. The molecule has 15 nitrogen and oxygen atoms in total. The standard InChI is InChI=1S/C27H23N7O8S3.2Y/c1-15-28-26(31-27(29-15)34(2)18-6-4-7-20(14-18)45(39)40)30-21-8-3-5-16-13-22(43-42-41-36)24(25(35)23(16)21)33-32-17-9-11-19(12-10-17)44(37)38;;/h3-14,35-36H,1-2H3,(H,37,38)(H,39,40)(H,28,29,30,31);;/p-2. The van der Waals surface area contributed by atoms with Gasteiger partial charge >= 0.3 is 0 Å². The van der Waals surface area contributed by atoms with Gasteiger partial charge in [-0.3, -0.25) is 8.42 Å². The summed E-state index contributed by atoms with van der Waals surface area (Å²) in [6.45, 7) is 1.67. The minimum absolute atomic E-state index is 0. The molecule has 5 rings (SSSR count). The molecule has 0 spiro atoms. The van der Waals surface area contributed by atoms with Gasteiger partial charge in [0.05, 0.1) is 28.3 Å². The summed E-state index contributed by atoms with van der Waals surface area (Å²) in [5.74, 6) is 0.411.